The highest BCUT2D eigenvalue weighted by atomic mass is 15.4. The van der Waals surface area contributed by atoms with E-state index in [1.165, 1.54) is 5.69 Å². The van der Waals surface area contributed by atoms with Gasteiger partial charge in [0.05, 0.1) is 17.1 Å². The van der Waals surface area contributed by atoms with Gasteiger partial charge in [-0.1, -0.05) is 0 Å². The highest BCUT2D eigenvalue weighted by Crippen LogP contribution is 2.54. The topological polar surface area (TPSA) is 78.7 Å². The van der Waals surface area contributed by atoms with Crippen molar-refractivity contribution >= 4 is 5.65 Å². The molecule has 2 atom stereocenters. The molecule has 1 aliphatic rings. The van der Waals surface area contributed by atoms with Gasteiger partial charge in [0.15, 0.2) is 11.5 Å². The fourth-order valence-electron chi connectivity index (χ4n) is 3.78. The molecule has 0 aliphatic heterocycles. The van der Waals surface area contributed by atoms with Crippen LogP contribution in [0.2, 0.25) is 0 Å². The molecule has 1 saturated carbocycles. The third-order valence-electron chi connectivity index (χ3n) is 5.49. The van der Waals surface area contributed by atoms with E-state index in [-0.39, 0.29) is 0 Å². The molecule has 1 aliphatic carbocycles. The first-order valence-electron chi connectivity index (χ1n) is 9.87. The molecule has 1 fully saturated rings. The first kappa shape index (κ1) is 17.1. The van der Waals surface area contributed by atoms with Crippen molar-refractivity contribution in [2.75, 3.05) is 0 Å². The molecule has 0 saturated heterocycles. The van der Waals surface area contributed by atoms with Crippen molar-refractivity contribution in [3.8, 4) is 11.4 Å². The van der Waals surface area contributed by atoms with E-state index in [0.717, 1.165) is 41.5 Å². The quantitative estimate of drug-likeness (QED) is 0.534. The number of aryl methyl sites for hydroxylation is 2. The summed E-state index contributed by atoms with van der Waals surface area (Å²) in [6, 6.07) is 8.66. The van der Waals surface area contributed by atoms with Gasteiger partial charge in [0, 0.05) is 30.6 Å². The Hall–Kier alpha value is -3.03. The summed E-state index contributed by atoms with van der Waals surface area (Å²) in [6.45, 7) is 9.12. The van der Waals surface area contributed by atoms with Crippen molar-refractivity contribution in [2.24, 2.45) is 0 Å². The summed E-state index contributed by atoms with van der Waals surface area (Å²) in [4.78, 5) is 0. The lowest BCUT2D eigenvalue weighted by Crippen LogP contribution is -2.03. The summed E-state index contributed by atoms with van der Waals surface area (Å²) in [7, 11) is 0. The van der Waals surface area contributed by atoms with Gasteiger partial charge in [-0.25, -0.2) is 0 Å². The number of hydrogen-bond donors (Lipinski definition) is 0. The zero-order valence-electron chi connectivity index (χ0n) is 16.6. The van der Waals surface area contributed by atoms with Gasteiger partial charge in [-0.05, 0) is 58.4 Å². The molecular weight excluding hydrogens is 352 g/mol. The first-order chi connectivity index (χ1) is 13.5. The van der Waals surface area contributed by atoms with E-state index in [9.17, 15) is 0 Å². The first-order valence-corrected chi connectivity index (χ1v) is 9.87. The summed E-state index contributed by atoms with van der Waals surface area (Å²) >= 11 is 0. The maximum atomic E-state index is 4.88. The van der Waals surface area contributed by atoms with Crippen LogP contribution in [-0.2, 0) is 6.54 Å². The zero-order valence-corrected chi connectivity index (χ0v) is 16.6. The minimum atomic E-state index is 0.388. The van der Waals surface area contributed by atoms with Gasteiger partial charge in [-0.2, -0.15) is 19.8 Å². The number of rotatable bonds is 5. The monoisotopic (exact) mass is 376 g/mol. The van der Waals surface area contributed by atoms with Gasteiger partial charge >= 0.3 is 0 Å². The summed E-state index contributed by atoms with van der Waals surface area (Å²) in [5.74, 6) is 1.67. The fourth-order valence-corrected chi connectivity index (χ4v) is 3.78. The van der Waals surface area contributed by atoms with Gasteiger partial charge in [0.1, 0.15) is 5.69 Å². The van der Waals surface area contributed by atoms with Gasteiger partial charge < -0.3 is 0 Å². The molecule has 0 bridgehead atoms. The Kier molecular flexibility index (Phi) is 3.82. The normalized spacial score (nSPS) is 19.0. The fraction of sp³-hybridized carbons (Fsp3) is 0.450. The molecule has 0 spiro atoms. The molecule has 4 heterocycles. The van der Waals surface area contributed by atoms with Crippen LogP contribution in [0.3, 0.4) is 0 Å². The Labute approximate surface area is 163 Å². The molecule has 4 aromatic heterocycles. The van der Waals surface area contributed by atoms with Crippen LogP contribution in [0.1, 0.15) is 62.3 Å². The minimum Gasteiger partial charge on any atom is -0.270 e. The maximum Gasteiger partial charge on any atom is 0.177 e. The molecule has 144 valence electrons. The highest BCUT2D eigenvalue weighted by Gasteiger charge is 2.43. The molecule has 28 heavy (non-hydrogen) atoms. The Morgan fingerprint density at radius 3 is 2.61 bits per heavy atom. The van der Waals surface area contributed by atoms with Gasteiger partial charge in [0.25, 0.3) is 0 Å². The van der Waals surface area contributed by atoms with Crippen LogP contribution in [-0.4, -0.2) is 39.4 Å². The van der Waals surface area contributed by atoms with Crippen LogP contribution in [0.4, 0.5) is 0 Å². The molecule has 8 heteroatoms. The van der Waals surface area contributed by atoms with Gasteiger partial charge in [-0.3, -0.25) is 9.36 Å². The van der Waals surface area contributed by atoms with E-state index < -0.39 is 0 Å². The smallest absolute Gasteiger partial charge is 0.177 e. The summed E-state index contributed by atoms with van der Waals surface area (Å²) in [5.41, 5.74) is 4.98. The second-order valence-corrected chi connectivity index (χ2v) is 7.77. The van der Waals surface area contributed by atoms with Crippen LogP contribution in [0.25, 0.3) is 17.0 Å². The zero-order chi connectivity index (χ0) is 19.4. The predicted octanol–water partition coefficient (Wildman–Crippen LogP) is 3.36. The van der Waals surface area contributed by atoms with E-state index in [4.69, 9.17) is 15.3 Å². The summed E-state index contributed by atoms with van der Waals surface area (Å²) in [5, 5.41) is 22.6. The average molecular weight is 376 g/mol. The standard InChI is InChI=1S/C20H24N8/c1-5-26-19(17-6-7-20-22-21-13(4)28(20)25-17)11-18(24-26)15-10-14(15)16-8-9-27(23-16)12(2)3/h6-9,11-12,14-15H,5,10H2,1-4H3. The Morgan fingerprint density at radius 1 is 1.04 bits per heavy atom. The van der Waals surface area contributed by atoms with Crippen LogP contribution in [0.15, 0.2) is 30.5 Å². The van der Waals surface area contributed by atoms with E-state index in [1.807, 2.05) is 28.4 Å². The Balaban J connectivity index is 1.46. The van der Waals surface area contributed by atoms with Crippen molar-refractivity contribution in [1.82, 2.24) is 39.4 Å². The second kappa shape index (κ2) is 6.25. The van der Waals surface area contributed by atoms with E-state index in [2.05, 4.69) is 49.3 Å². The largest absolute Gasteiger partial charge is 0.270 e. The van der Waals surface area contributed by atoms with Crippen LogP contribution < -0.4 is 0 Å². The van der Waals surface area contributed by atoms with Crippen molar-refractivity contribution in [2.45, 2.75) is 58.5 Å². The van der Waals surface area contributed by atoms with E-state index in [0.29, 0.717) is 17.9 Å². The molecule has 5 rings (SSSR count). The maximum absolute atomic E-state index is 4.88. The third-order valence-corrected chi connectivity index (χ3v) is 5.49. The molecule has 0 radical (unpaired) electrons. The Morgan fingerprint density at radius 2 is 1.86 bits per heavy atom. The lowest BCUT2D eigenvalue weighted by atomic mass is 10.2. The number of hydrogen-bond acceptors (Lipinski definition) is 5. The van der Waals surface area contributed by atoms with Crippen molar-refractivity contribution < 1.29 is 0 Å². The summed E-state index contributed by atoms with van der Waals surface area (Å²) in [6.07, 6.45) is 3.18. The molecular formula is C20H24N8. The predicted molar refractivity (Wildman–Crippen MR) is 105 cm³/mol. The van der Waals surface area contributed by atoms with E-state index >= 15 is 0 Å². The third kappa shape index (κ3) is 2.71. The van der Waals surface area contributed by atoms with Crippen LogP contribution in [0, 0.1) is 6.92 Å². The lowest BCUT2D eigenvalue weighted by Gasteiger charge is -2.04. The molecule has 4 aromatic rings. The number of aromatic nitrogens is 8. The molecule has 8 nitrogen and oxygen atoms in total. The van der Waals surface area contributed by atoms with Gasteiger partial charge in [-0.15, -0.1) is 10.2 Å². The molecule has 2 unspecified atom stereocenters. The minimum absolute atomic E-state index is 0.388. The van der Waals surface area contributed by atoms with Crippen molar-refractivity contribution in [1.29, 1.82) is 0 Å². The summed E-state index contributed by atoms with van der Waals surface area (Å²) < 4.78 is 5.84. The highest BCUT2D eigenvalue weighted by molar-refractivity contribution is 5.57. The molecule has 0 amide bonds. The van der Waals surface area contributed by atoms with Gasteiger partial charge in [0.2, 0.25) is 0 Å². The van der Waals surface area contributed by atoms with E-state index in [1.54, 1.807) is 4.52 Å². The number of fused-ring (bicyclic) bond motifs is 1. The lowest BCUT2D eigenvalue weighted by molar-refractivity contribution is 0.526. The second-order valence-electron chi connectivity index (χ2n) is 7.77. The van der Waals surface area contributed by atoms with Crippen LogP contribution >= 0.6 is 0 Å². The van der Waals surface area contributed by atoms with Crippen molar-refractivity contribution in [3.05, 3.63) is 47.7 Å². The SMILES string of the molecule is CCn1nc(C2CC2c2ccn(C(C)C)n2)cc1-c1ccc2nnc(C)n2n1. The van der Waals surface area contributed by atoms with Crippen LogP contribution in [0.5, 0.6) is 0 Å². The average Bonchev–Trinajstić information content (AvgIpc) is 3.06. The molecule has 0 aromatic carbocycles. The van der Waals surface area contributed by atoms with Crippen molar-refractivity contribution in [3.63, 3.8) is 0 Å². The number of nitrogens with zero attached hydrogens (tertiary/aromatic N) is 8. The Bertz CT molecular complexity index is 1150. The molecule has 0 N–H and O–H groups in total.